The molecule has 3 N–H and O–H groups in total. The van der Waals surface area contributed by atoms with Gasteiger partial charge in [0, 0.05) is 31.4 Å². The van der Waals surface area contributed by atoms with E-state index in [0.717, 1.165) is 18.9 Å². The van der Waals surface area contributed by atoms with E-state index in [9.17, 15) is 14.7 Å². The summed E-state index contributed by atoms with van der Waals surface area (Å²) in [5.74, 6) is -1.97. The van der Waals surface area contributed by atoms with Gasteiger partial charge in [-0.2, -0.15) is 0 Å². The summed E-state index contributed by atoms with van der Waals surface area (Å²) in [5, 5.41) is 9.47. The fraction of sp³-hybridized carbons (Fsp3) is 0.474. The molecule has 0 spiro atoms. The lowest BCUT2D eigenvalue weighted by molar-refractivity contribution is 0.0695. The largest absolute Gasteiger partial charge is 0.477 e. The molecule has 1 saturated carbocycles. The van der Waals surface area contributed by atoms with E-state index in [1.807, 2.05) is 18.7 Å². The zero-order valence-electron chi connectivity index (χ0n) is 15.1. The van der Waals surface area contributed by atoms with Crippen molar-refractivity contribution in [3.05, 3.63) is 38.9 Å². The number of anilines is 1. The molecule has 2 heterocycles. The first kappa shape index (κ1) is 18.3. The lowest BCUT2D eigenvalue weighted by Crippen LogP contribution is -2.35. The number of halogens is 2. The predicted molar refractivity (Wildman–Crippen MR) is 102 cm³/mol. The van der Waals surface area contributed by atoms with Gasteiger partial charge in [-0.1, -0.05) is 25.4 Å². The number of nitrogens with zero attached hydrogens (tertiary/aromatic N) is 2. The summed E-state index contributed by atoms with van der Waals surface area (Å²) in [7, 11) is 0. The van der Waals surface area contributed by atoms with Gasteiger partial charge in [-0.3, -0.25) is 4.79 Å². The van der Waals surface area contributed by atoms with Crippen LogP contribution in [0.5, 0.6) is 0 Å². The maximum Gasteiger partial charge on any atom is 0.341 e. The van der Waals surface area contributed by atoms with Crippen molar-refractivity contribution in [3.8, 4) is 0 Å². The molecule has 0 amide bonds. The first-order chi connectivity index (χ1) is 12.6. The van der Waals surface area contributed by atoms with Gasteiger partial charge < -0.3 is 20.3 Å². The zero-order chi connectivity index (χ0) is 19.7. The van der Waals surface area contributed by atoms with Gasteiger partial charge in [0.1, 0.15) is 11.4 Å². The highest BCUT2D eigenvalue weighted by molar-refractivity contribution is 6.38. The van der Waals surface area contributed by atoms with Crippen LogP contribution in [-0.2, 0) is 0 Å². The summed E-state index contributed by atoms with van der Waals surface area (Å²) in [6, 6.07) is 1.05. The van der Waals surface area contributed by atoms with E-state index in [-0.39, 0.29) is 39.2 Å². The number of hydrogen-bond donors (Lipinski definition) is 2. The number of hydrogen-bond acceptors (Lipinski definition) is 4. The summed E-state index contributed by atoms with van der Waals surface area (Å²) in [4.78, 5) is 25.9. The molecule has 1 aliphatic carbocycles. The quantitative estimate of drug-likeness (QED) is 0.836. The smallest absolute Gasteiger partial charge is 0.341 e. The standard InChI is InChI=1S/C19H21ClFN3O3/c1-19(2)8-23(7-13(19)22)16-12(21)5-10-15(14(16)20)24(9-3-4-9)6-11(17(10)25)18(26)27/h5-6,9,13H,3-4,7-8,22H2,1-2H3,(H,26,27). The molecule has 27 heavy (non-hydrogen) atoms. The van der Waals surface area contributed by atoms with Gasteiger partial charge in [-0.25, -0.2) is 9.18 Å². The van der Waals surface area contributed by atoms with E-state index < -0.39 is 17.2 Å². The molecule has 2 aliphatic rings. The molecule has 6 nitrogen and oxygen atoms in total. The van der Waals surface area contributed by atoms with Gasteiger partial charge in [0.15, 0.2) is 0 Å². The molecule has 1 aromatic carbocycles. The molecule has 4 rings (SSSR count). The van der Waals surface area contributed by atoms with Crippen LogP contribution in [0.1, 0.15) is 43.1 Å². The van der Waals surface area contributed by atoms with Crippen molar-refractivity contribution in [3.63, 3.8) is 0 Å². The van der Waals surface area contributed by atoms with E-state index in [0.29, 0.717) is 18.6 Å². The molecule has 1 aromatic heterocycles. The van der Waals surface area contributed by atoms with Crippen molar-refractivity contribution < 1.29 is 14.3 Å². The molecule has 1 aliphatic heterocycles. The fourth-order valence-electron chi connectivity index (χ4n) is 3.84. The van der Waals surface area contributed by atoms with Crippen LogP contribution in [0.2, 0.25) is 5.02 Å². The number of carbonyl (C=O) groups is 1. The number of benzene rings is 1. The van der Waals surface area contributed by atoms with Crippen molar-refractivity contribution in [2.45, 2.75) is 38.8 Å². The zero-order valence-corrected chi connectivity index (χ0v) is 15.9. The molecular formula is C19H21ClFN3O3. The Bertz CT molecular complexity index is 1030. The Morgan fingerprint density at radius 1 is 1.41 bits per heavy atom. The normalized spacial score (nSPS) is 21.8. The molecule has 1 unspecified atom stereocenters. The van der Waals surface area contributed by atoms with Crippen molar-refractivity contribution in [1.82, 2.24) is 4.57 Å². The third-order valence-corrected chi connectivity index (χ3v) is 6.05. The first-order valence-electron chi connectivity index (χ1n) is 8.92. The average molecular weight is 394 g/mol. The highest BCUT2D eigenvalue weighted by Gasteiger charge is 2.39. The molecule has 1 saturated heterocycles. The van der Waals surface area contributed by atoms with Crippen molar-refractivity contribution in [2.75, 3.05) is 18.0 Å². The number of nitrogens with two attached hydrogens (primary N) is 1. The van der Waals surface area contributed by atoms with Crippen LogP contribution in [0.15, 0.2) is 17.1 Å². The Morgan fingerprint density at radius 2 is 2.07 bits per heavy atom. The second-order valence-electron chi connectivity index (χ2n) is 8.21. The highest BCUT2D eigenvalue weighted by Crippen LogP contribution is 2.43. The SMILES string of the molecule is CC1(C)CN(c2c(F)cc3c(=O)c(C(=O)O)cn(C4CC4)c3c2Cl)CC1N. The molecule has 0 radical (unpaired) electrons. The van der Waals surface area contributed by atoms with Crippen LogP contribution in [-0.4, -0.2) is 34.8 Å². The summed E-state index contributed by atoms with van der Waals surface area (Å²) >= 11 is 6.62. The summed E-state index contributed by atoms with van der Waals surface area (Å²) < 4.78 is 16.7. The Hall–Kier alpha value is -2.12. The monoisotopic (exact) mass is 393 g/mol. The Morgan fingerprint density at radius 3 is 2.59 bits per heavy atom. The van der Waals surface area contributed by atoms with Gasteiger partial charge in [0.2, 0.25) is 5.43 Å². The third-order valence-electron chi connectivity index (χ3n) is 5.69. The van der Waals surface area contributed by atoms with Crippen molar-refractivity contribution >= 4 is 34.2 Å². The maximum atomic E-state index is 15.0. The molecule has 144 valence electrons. The molecule has 1 atom stereocenters. The lowest BCUT2D eigenvalue weighted by Gasteiger charge is -2.25. The second-order valence-corrected chi connectivity index (χ2v) is 8.59. The molecule has 8 heteroatoms. The molecular weight excluding hydrogens is 373 g/mol. The van der Waals surface area contributed by atoms with Crippen molar-refractivity contribution in [2.24, 2.45) is 11.1 Å². The van der Waals surface area contributed by atoms with Crippen LogP contribution in [0, 0.1) is 11.2 Å². The number of aromatic carboxylic acids is 1. The minimum Gasteiger partial charge on any atom is -0.477 e. The van der Waals surface area contributed by atoms with E-state index >= 15 is 4.39 Å². The van der Waals surface area contributed by atoms with Crippen LogP contribution in [0.3, 0.4) is 0 Å². The van der Waals surface area contributed by atoms with Crippen LogP contribution in [0.25, 0.3) is 10.9 Å². The number of rotatable bonds is 3. The van der Waals surface area contributed by atoms with E-state index in [4.69, 9.17) is 17.3 Å². The topological polar surface area (TPSA) is 88.6 Å². The fourth-order valence-corrected chi connectivity index (χ4v) is 4.25. The van der Waals surface area contributed by atoms with Crippen LogP contribution >= 0.6 is 11.6 Å². The Kier molecular flexibility index (Phi) is 4.01. The number of aromatic nitrogens is 1. The highest BCUT2D eigenvalue weighted by atomic mass is 35.5. The predicted octanol–water partition coefficient (Wildman–Crippen LogP) is 3.00. The van der Waals surface area contributed by atoms with E-state index in [1.165, 1.54) is 6.20 Å². The van der Waals surface area contributed by atoms with E-state index in [1.54, 1.807) is 4.57 Å². The average Bonchev–Trinajstić information content (AvgIpc) is 3.35. The van der Waals surface area contributed by atoms with Gasteiger partial charge in [-0.05, 0) is 24.3 Å². The second kappa shape index (κ2) is 5.94. The van der Waals surface area contributed by atoms with Crippen molar-refractivity contribution in [1.29, 1.82) is 0 Å². The summed E-state index contributed by atoms with van der Waals surface area (Å²) in [6.45, 7) is 5.03. The van der Waals surface area contributed by atoms with Crippen LogP contribution in [0.4, 0.5) is 10.1 Å². The van der Waals surface area contributed by atoms with Crippen LogP contribution < -0.4 is 16.1 Å². The minimum absolute atomic E-state index is 0.00388. The van der Waals surface area contributed by atoms with Gasteiger partial charge in [-0.15, -0.1) is 0 Å². The van der Waals surface area contributed by atoms with Gasteiger partial charge in [0.05, 0.1) is 21.6 Å². The first-order valence-corrected chi connectivity index (χ1v) is 9.30. The summed E-state index contributed by atoms with van der Waals surface area (Å²) in [6.07, 6.45) is 3.06. The number of pyridine rings is 1. The molecule has 2 fully saturated rings. The lowest BCUT2D eigenvalue weighted by atomic mass is 9.89. The van der Waals surface area contributed by atoms with Gasteiger partial charge in [0.25, 0.3) is 0 Å². The summed E-state index contributed by atoms with van der Waals surface area (Å²) in [5.41, 5.74) is 5.51. The third kappa shape index (κ3) is 2.80. The minimum atomic E-state index is -1.33. The number of carboxylic acid groups (broad SMARTS) is 1. The van der Waals surface area contributed by atoms with E-state index in [2.05, 4.69) is 0 Å². The molecule has 0 bridgehead atoms. The molecule has 2 aromatic rings. The van der Waals surface area contributed by atoms with Gasteiger partial charge >= 0.3 is 5.97 Å². The number of fused-ring (bicyclic) bond motifs is 1. The number of carboxylic acids is 1. The Labute approximate surface area is 160 Å². The Balaban J connectivity index is 1.99. The maximum absolute atomic E-state index is 15.0.